The lowest BCUT2D eigenvalue weighted by Gasteiger charge is -2.27. The van der Waals surface area contributed by atoms with Crippen LogP contribution in [-0.2, 0) is 0 Å². The van der Waals surface area contributed by atoms with Crippen LogP contribution in [0.25, 0.3) is 0 Å². The molecular formula is C13H18BrNO. The summed E-state index contributed by atoms with van der Waals surface area (Å²) in [5.74, 6) is 1.73. The summed E-state index contributed by atoms with van der Waals surface area (Å²) in [7, 11) is 0. The maximum atomic E-state index is 5.99. The molecular weight excluding hydrogens is 266 g/mol. The number of rotatable bonds is 2. The number of hydrogen-bond donors (Lipinski definition) is 1. The highest BCUT2D eigenvalue weighted by molar-refractivity contribution is 9.10. The van der Waals surface area contributed by atoms with Crippen molar-refractivity contribution in [2.24, 2.45) is 5.92 Å². The number of nitrogens with two attached hydrogens (primary N) is 1. The Balaban J connectivity index is 2.00. The van der Waals surface area contributed by atoms with Crippen molar-refractivity contribution in [3.63, 3.8) is 0 Å². The van der Waals surface area contributed by atoms with Gasteiger partial charge in [0.05, 0.1) is 10.6 Å². The Kier molecular flexibility index (Phi) is 3.74. The number of anilines is 1. The molecule has 16 heavy (non-hydrogen) atoms. The summed E-state index contributed by atoms with van der Waals surface area (Å²) in [6.07, 6.45) is 5.20. The molecule has 0 amide bonds. The van der Waals surface area contributed by atoms with Gasteiger partial charge in [-0.25, -0.2) is 0 Å². The van der Waals surface area contributed by atoms with E-state index in [0.29, 0.717) is 6.10 Å². The van der Waals surface area contributed by atoms with Crippen LogP contribution in [0.3, 0.4) is 0 Å². The van der Waals surface area contributed by atoms with E-state index in [9.17, 15) is 0 Å². The standard InChI is InChI=1S/C13H18BrNO/c1-9-2-5-11(6-3-9)16-13-8-10(15)4-7-12(13)14/h4,7-9,11H,2-3,5-6,15H2,1H3. The molecule has 0 spiro atoms. The van der Waals surface area contributed by atoms with Crippen LogP contribution < -0.4 is 10.5 Å². The third-order valence-corrected chi connectivity index (χ3v) is 3.87. The van der Waals surface area contributed by atoms with Crippen LogP contribution in [0.4, 0.5) is 5.69 Å². The summed E-state index contributed by atoms with van der Waals surface area (Å²) in [5, 5.41) is 0. The summed E-state index contributed by atoms with van der Waals surface area (Å²) >= 11 is 3.49. The molecule has 0 bridgehead atoms. The Morgan fingerprint density at radius 1 is 1.25 bits per heavy atom. The summed E-state index contributed by atoms with van der Waals surface area (Å²) in [6.45, 7) is 2.31. The number of nitrogen functional groups attached to an aromatic ring is 1. The molecule has 1 saturated carbocycles. The van der Waals surface area contributed by atoms with Crippen molar-refractivity contribution >= 4 is 21.6 Å². The highest BCUT2D eigenvalue weighted by Gasteiger charge is 2.20. The molecule has 2 N–H and O–H groups in total. The maximum absolute atomic E-state index is 5.99. The van der Waals surface area contributed by atoms with Crippen LogP contribution in [0.1, 0.15) is 32.6 Å². The topological polar surface area (TPSA) is 35.2 Å². The van der Waals surface area contributed by atoms with Gasteiger partial charge in [-0.1, -0.05) is 6.92 Å². The molecule has 2 rings (SSSR count). The van der Waals surface area contributed by atoms with E-state index < -0.39 is 0 Å². The molecule has 0 unspecified atom stereocenters. The quantitative estimate of drug-likeness (QED) is 0.833. The average Bonchev–Trinajstić information content (AvgIpc) is 2.27. The molecule has 0 atom stereocenters. The van der Waals surface area contributed by atoms with Gasteiger partial charge in [0.2, 0.25) is 0 Å². The first-order valence-corrected chi connectivity index (χ1v) is 6.66. The van der Waals surface area contributed by atoms with E-state index in [-0.39, 0.29) is 0 Å². The molecule has 0 saturated heterocycles. The predicted octanol–water partition coefficient (Wildman–Crippen LogP) is 3.99. The number of hydrogen-bond acceptors (Lipinski definition) is 2. The van der Waals surface area contributed by atoms with Crippen molar-refractivity contribution < 1.29 is 4.74 Å². The highest BCUT2D eigenvalue weighted by atomic mass is 79.9. The van der Waals surface area contributed by atoms with Gasteiger partial charge in [0.15, 0.2) is 0 Å². The van der Waals surface area contributed by atoms with E-state index in [1.807, 2.05) is 18.2 Å². The van der Waals surface area contributed by atoms with Crippen LogP contribution in [0.15, 0.2) is 22.7 Å². The van der Waals surface area contributed by atoms with Crippen molar-refractivity contribution in [3.8, 4) is 5.75 Å². The fraction of sp³-hybridized carbons (Fsp3) is 0.538. The second-order valence-electron chi connectivity index (χ2n) is 4.69. The van der Waals surface area contributed by atoms with E-state index in [1.165, 1.54) is 12.8 Å². The molecule has 3 heteroatoms. The molecule has 1 aliphatic rings. The SMILES string of the molecule is CC1CCC(Oc2cc(N)ccc2Br)CC1. The zero-order valence-corrected chi connectivity index (χ0v) is 11.2. The number of benzene rings is 1. The minimum absolute atomic E-state index is 0.356. The van der Waals surface area contributed by atoms with Gasteiger partial charge in [-0.3, -0.25) is 0 Å². The Morgan fingerprint density at radius 2 is 1.94 bits per heavy atom. The summed E-state index contributed by atoms with van der Waals surface area (Å²) in [4.78, 5) is 0. The average molecular weight is 284 g/mol. The minimum atomic E-state index is 0.356. The van der Waals surface area contributed by atoms with Gasteiger partial charge in [0.25, 0.3) is 0 Å². The molecule has 1 aliphatic carbocycles. The van der Waals surface area contributed by atoms with Gasteiger partial charge in [0, 0.05) is 11.8 Å². The molecule has 2 nitrogen and oxygen atoms in total. The zero-order chi connectivity index (χ0) is 11.5. The van der Waals surface area contributed by atoms with Crippen molar-refractivity contribution in [1.82, 2.24) is 0 Å². The Labute approximate surface area is 105 Å². The second-order valence-corrected chi connectivity index (χ2v) is 5.54. The van der Waals surface area contributed by atoms with Crippen molar-refractivity contribution in [1.29, 1.82) is 0 Å². The van der Waals surface area contributed by atoms with Gasteiger partial charge in [0.1, 0.15) is 5.75 Å². The van der Waals surface area contributed by atoms with Crippen LogP contribution in [0.5, 0.6) is 5.75 Å². The monoisotopic (exact) mass is 283 g/mol. The van der Waals surface area contributed by atoms with Gasteiger partial charge in [-0.05, 0) is 59.7 Å². The lowest BCUT2D eigenvalue weighted by Crippen LogP contribution is -2.23. The lowest BCUT2D eigenvalue weighted by molar-refractivity contribution is 0.135. The van der Waals surface area contributed by atoms with Crippen LogP contribution >= 0.6 is 15.9 Å². The van der Waals surface area contributed by atoms with Gasteiger partial charge >= 0.3 is 0 Å². The Bertz CT molecular complexity index is 359. The third kappa shape index (κ3) is 2.91. The molecule has 0 heterocycles. The van der Waals surface area contributed by atoms with Crippen LogP contribution in [-0.4, -0.2) is 6.10 Å². The Hall–Kier alpha value is -0.700. The minimum Gasteiger partial charge on any atom is -0.489 e. The maximum Gasteiger partial charge on any atom is 0.135 e. The zero-order valence-electron chi connectivity index (χ0n) is 9.58. The Morgan fingerprint density at radius 3 is 2.62 bits per heavy atom. The third-order valence-electron chi connectivity index (χ3n) is 3.21. The molecule has 1 aromatic carbocycles. The predicted molar refractivity (Wildman–Crippen MR) is 70.6 cm³/mol. The van der Waals surface area contributed by atoms with E-state index >= 15 is 0 Å². The normalized spacial score (nSPS) is 25.4. The fourth-order valence-corrected chi connectivity index (χ4v) is 2.48. The first-order valence-electron chi connectivity index (χ1n) is 5.87. The lowest BCUT2D eigenvalue weighted by atomic mass is 9.89. The molecule has 88 valence electrons. The first kappa shape index (κ1) is 11.8. The van der Waals surface area contributed by atoms with Crippen molar-refractivity contribution in [2.75, 3.05) is 5.73 Å². The molecule has 0 radical (unpaired) electrons. The van der Waals surface area contributed by atoms with Crippen molar-refractivity contribution in [3.05, 3.63) is 22.7 Å². The molecule has 0 aliphatic heterocycles. The first-order chi connectivity index (χ1) is 7.65. The smallest absolute Gasteiger partial charge is 0.135 e. The van der Waals surface area contributed by atoms with Gasteiger partial charge in [-0.2, -0.15) is 0 Å². The number of halogens is 1. The van der Waals surface area contributed by atoms with Gasteiger partial charge < -0.3 is 10.5 Å². The van der Waals surface area contributed by atoms with E-state index in [0.717, 1.165) is 34.7 Å². The van der Waals surface area contributed by atoms with E-state index in [1.54, 1.807) is 0 Å². The fourth-order valence-electron chi connectivity index (χ4n) is 2.14. The van der Waals surface area contributed by atoms with Crippen molar-refractivity contribution in [2.45, 2.75) is 38.7 Å². The van der Waals surface area contributed by atoms with Gasteiger partial charge in [-0.15, -0.1) is 0 Å². The molecule has 1 aromatic rings. The highest BCUT2D eigenvalue weighted by Crippen LogP contribution is 2.32. The van der Waals surface area contributed by atoms with E-state index in [2.05, 4.69) is 22.9 Å². The molecule has 0 aromatic heterocycles. The summed E-state index contributed by atoms with van der Waals surface area (Å²) in [6, 6.07) is 5.71. The van der Waals surface area contributed by atoms with Crippen LogP contribution in [0, 0.1) is 5.92 Å². The summed E-state index contributed by atoms with van der Waals surface area (Å²) < 4.78 is 6.97. The number of ether oxygens (including phenoxy) is 1. The molecule has 1 fully saturated rings. The largest absolute Gasteiger partial charge is 0.489 e. The van der Waals surface area contributed by atoms with E-state index in [4.69, 9.17) is 10.5 Å². The second kappa shape index (κ2) is 5.09. The van der Waals surface area contributed by atoms with Crippen LogP contribution in [0.2, 0.25) is 0 Å². The summed E-state index contributed by atoms with van der Waals surface area (Å²) in [5.41, 5.74) is 6.51.